The van der Waals surface area contributed by atoms with Crippen molar-refractivity contribution in [1.82, 2.24) is 4.98 Å². The molecule has 2 aromatic rings. The standard InChI is InChI=1S/C19H27N3O2S/c1-5-6-7-10-20-17-8-9-18(21-13-17)22-25(23,24)19-15(3)11-14(2)12-16(19)4/h8-9,11-13,20H,5-7,10H2,1-4H3,(H,21,22). The average Bonchev–Trinajstić information content (AvgIpc) is 2.51. The first-order valence-electron chi connectivity index (χ1n) is 8.64. The molecular formula is C19H27N3O2S. The second kappa shape index (κ2) is 8.34. The predicted octanol–water partition coefficient (Wildman–Crippen LogP) is 4.41. The van der Waals surface area contributed by atoms with E-state index in [-0.39, 0.29) is 0 Å². The number of benzene rings is 1. The molecule has 1 aromatic heterocycles. The van der Waals surface area contributed by atoms with E-state index in [9.17, 15) is 8.42 Å². The monoisotopic (exact) mass is 361 g/mol. The predicted molar refractivity (Wildman–Crippen MR) is 104 cm³/mol. The van der Waals surface area contributed by atoms with Crippen LogP contribution >= 0.6 is 0 Å². The smallest absolute Gasteiger partial charge is 0.263 e. The molecule has 2 N–H and O–H groups in total. The van der Waals surface area contributed by atoms with Crippen LogP contribution in [0.2, 0.25) is 0 Å². The van der Waals surface area contributed by atoms with Crippen molar-refractivity contribution in [1.29, 1.82) is 0 Å². The highest BCUT2D eigenvalue weighted by Gasteiger charge is 2.20. The summed E-state index contributed by atoms with van der Waals surface area (Å²) in [6.07, 6.45) is 5.13. The van der Waals surface area contributed by atoms with Gasteiger partial charge in [-0.1, -0.05) is 37.5 Å². The number of pyridine rings is 1. The Morgan fingerprint density at radius 3 is 2.28 bits per heavy atom. The van der Waals surface area contributed by atoms with E-state index in [1.165, 1.54) is 12.8 Å². The van der Waals surface area contributed by atoms with Gasteiger partial charge in [-0.2, -0.15) is 0 Å². The maximum absolute atomic E-state index is 12.7. The first kappa shape index (κ1) is 19.2. The van der Waals surface area contributed by atoms with Gasteiger partial charge in [0.25, 0.3) is 10.0 Å². The SMILES string of the molecule is CCCCCNc1ccc(NS(=O)(=O)c2c(C)cc(C)cc2C)nc1. The Morgan fingerprint density at radius 2 is 1.72 bits per heavy atom. The van der Waals surface area contributed by atoms with Crippen LogP contribution in [-0.2, 0) is 10.0 Å². The van der Waals surface area contributed by atoms with Gasteiger partial charge in [-0.05, 0) is 50.5 Å². The zero-order chi connectivity index (χ0) is 18.4. The number of aryl methyl sites for hydroxylation is 3. The van der Waals surface area contributed by atoms with E-state index in [4.69, 9.17) is 0 Å². The number of anilines is 2. The minimum atomic E-state index is -3.66. The Balaban J connectivity index is 2.11. The Kier molecular flexibility index (Phi) is 6.42. The van der Waals surface area contributed by atoms with Crippen molar-refractivity contribution >= 4 is 21.5 Å². The fraction of sp³-hybridized carbons (Fsp3) is 0.421. The fourth-order valence-corrected chi connectivity index (χ4v) is 4.41. The van der Waals surface area contributed by atoms with Crippen molar-refractivity contribution in [2.24, 2.45) is 0 Å². The van der Waals surface area contributed by atoms with Gasteiger partial charge in [-0.15, -0.1) is 0 Å². The quantitative estimate of drug-likeness (QED) is 0.683. The summed E-state index contributed by atoms with van der Waals surface area (Å²) in [6.45, 7) is 8.64. The van der Waals surface area contributed by atoms with Crippen molar-refractivity contribution in [3.8, 4) is 0 Å². The molecule has 5 nitrogen and oxygen atoms in total. The van der Waals surface area contributed by atoms with Crippen molar-refractivity contribution in [3.63, 3.8) is 0 Å². The molecule has 1 heterocycles. The molecule has 0 fully saturated rings. The van der Waals surface area contributed by atoms with E-state index in [1.807, 2.05) is 39.0 Å². The second-order valence-electron chi connectivity index (χ2n) is 6.40. The molecule has 0 aliphatic carbocycles. The molecule has 25 heavy (non-hydrogen) atoms. The summed E-state index contributed by atoms with van der Waals surface area (Å²) >= 11 is 0. The van der Waals surface area contributed by atoms with Gasteiger partial charge in [-0.3, -0.25) is 4.72 Å². The number of rotatable bonds is 8. The van der Waals surface area contributed by atoms with Gasteiger partial charge in [0.05, 0.1) is 16.8 Å². The summed E-state index contributed by atoms with van der Waals surface area (Å²) in [6, 6.07) is 7.26. The number of hydrogen-bond donors (Lipinski definition) is 2. The Morgan fingerprint density at radius 1 is 1.04 bits per heavy atom. The number of unbranched alkanes of at least 4 members (excludes halogenated alkanes) is 2. The number of sulfonamides is 1. The molecule has 0 bridgehead atoms. The zero-order valence-corrected chi connectivity index (χ0v) is 16.2. The van der Waals surface area contributed by atoms with Crippen LogP contribution in [0.15, 0.2) is 35.4 Å². The largest absolute Gasteiger partial charge is 0.384 e. The topological polar surface area (TPSA) is 71.1 Å². The highest BCUT2D eigenvalue weighted by molar-refractivity contribution is 7.92. The van der Waals surface area contributed by atoms with Crippen LogP contribution in [0.25, 0.3) is 0 Å². The maximum atomic E-state index is 12.7. The molecule has 0 saturated heterocycles. The molecule has 0 atom stereocenters. The van der Waals surface area contributed by atoms with Crippen molar-refractivity contribution in [2.45, 2.75) is 51.9 Å². The molecule has 0 spiro atoms. The van der Waals surface area contributed by atoms with E-state index >= 15 is 0 Å². The molecule has 2 rings (SSSR count). The number of aromatic nitrogens is 1. The Bertz CT molecular complexity index is 792. The highest BCUT2D eigenvalue weighted by atomic mass is 32.2. The van der Waals surface area contributed by atoms with Crippen LogP contribution in [0.5, 0.6) is 0 Å². The highest BCUT2D eigenvalue weighted by Crippen LogP contribution is 2.24. The summed E-state index contributed by atoms with van der Waals surface area (Å²) < 4.78 is 28.0. The van der Waals surface area contributed by atoms with Gasteiger partial charge in [0.15, 0.2) is 0 Å². The summed E-state index contributed by atoms with van der Waals surface area (Å²) in [4.78, 5) is 4.53. The Hall–Kier alpha value is -2.08. The zero-order valence-electron chi connectivity index (χ0n) is 15.4. The minimum Gasteiger partial charge on any atom is -0.384 e. The lowest BCUT2D eigenvalue weighted by Gasteiger charge is -2.14. The van der Waals surface area contributed by atoms with E-state index < -0.39 is 10.0 Å². The van der Waals surface area contributed by atoms with E-state index in [0.717, 1.165) is 35.3 Å². The molecule has 6 heteroatoms. The molecule has 0 saturated carbocycles. The molecular weight excluding hydrogens is 334 g/mol. The van der Waals surface area contributed by atoms with Crippen molar-refractivity contribution in [3.05, 3.63) is 47.2 Å². The summed E-state index contributed by atoms with van der Waals surface area (Å²) in [5.74, 6) is 0.318. The summed E-state index contributed by atoms with van der Waals surface area (Å²) in [5.41, 5.74) is 3.41. The van der Waals surface area contributed by atoms with Crippen LogP contribution in [0, 0.1) is 20.8 Å². The number of hydrogen-bond acceptors (Lipinski definition) is 4. The lowest BCUT2D eigenvalue weighted by atomic mass is 10.1. The molecule has 0 aliphatic heterocycles. The number of nitrogens with zero attached hydrogens (tertiary/aromatic N) is 1. The minimum absolute atomic E-state index is 0.318. The second-order valence-corrected chi connectivity index (χ2v) is 8.02. The molecule has 0 unspecified atom stereocenters. The third kappa shape index (κ3) is 5.19. The molecule has 0 aliphatic rings. The normalized spacial score (nSPS) is 11.4. The van der Waals surface area contributed by atoms with Gasteiger partial charge in [0.2, 0.25) is 0 Å². The molecule has 136 valence electrons. The molecule has 1 aromatic carbocycles. The lowest BCUT2D eigenvalue weighted by Crippen LogP contribution is -2.16. The van der Waals surface area contributed by atoms with Crippen molar-refractivity contribution < 1.29 is 8.42 Å². The van der Waals surface area contributed by atoms with Crippen LogP contribution in [0.1, 0.15) is 42.9 Å². The summed E-state index contributed by atoms with van der Waals surface area (Å²) in [5, 5.41) is 3.29. The van der Waals surface area contributed by atoms with Gasteiger partial charge >= 0.3 is 0 Å². The van der Waals surface area contributed by atoms with E-state index in [2.05, 4.69) is 21.9 Å². The maximum Gasteiger partial charge on any atom is 0.263 e. The van der Waals surface area contributed by atoms with Crippen molar-refractivity contribution in [2.75, 3.05) is 16.6 Å². The van der Waals surface area contributed by atoms with Gasteiger partial charge < -0.3 is 5.32 Å². The fourth-order valence-electron chi connectivity index (χ4n) is 2.95. The van der Waals surface area contributed by atoms with Crippen LogP contribution in [0.3, 0.4) is 0 Å². The lowest BCUT2D eigenvalue weighted by molar-refractivity contribution is 0.600. The molecule has 0 amide bonds. The van der Waals surface area contributed by atoms with Gasteiger partial charge in [0, 0.05) is 6.54 Å². The van der Waals surface area contributed by atoms with Gasteiger partial charge in [0.1, 0.15) is 5.82 Å². The van der Waals surface area contributed by atoms with E-state index in [0.29, 0.717) is 10.7 Å². The Labute approximate surface area is 150 Å². The average molecular weight is 362 g/mol. The van der Waals surface area contributed by atoms with Gasteiger partial charge in [-0.25, -0.2) is 13.4 Å². The molecule has 0 radical (unpaired) electrons. The third-order valence-corrected chi connectivity index (χ3v) is 5.64. The van der Waals surface area contributed by atoms with Crippen LogP contribution in [-0.4, -0.2) is 19.9 Å². The summed E-state index contributed by atoms with van der Waals surface area (Å²) in [7, 11) is -3.66. The van der Waals surface area contributed by atoms with E-state index in [1.54, 1.807) is 12.3 Å². The van der Waals surface area contributed by atoms with Crippen LogP contribution in [0.4, 0.5) is 11.5 Å². The first-order valence-corrected chi connectivity index (χ1v) is 10.1. The third-order valence-electron chi connectivity index (χ3n) is 3.99. The number of nitrogens with one attached hydrogen (secondary N) is 2. The van der Waals surface area contributed by atoms with Crippen LogP contribution < -0.4 is 10.0 Å². The first-order chi connectivity index (χ1) is 11.8.